The molecule has 1 aromatic carbocycles. The fourth-order valence-corrected chi connectivity index (χ4v) is 1.40. The topological polar surface area (TPSA) is 73.6 Å². The molecule has 3 N–H and O–H groups in total. The molecule has 5 nitrogen and oxygen atoms in total. The van der Waals surface area contributed by atoms with Crippen LogP contribution in [0.4, 0.5) is 0 Å². The third-order valence-corrected chi connectivity index (χ3v) is 2.20. The standard InChI is InChI=1S/C12H18N2O3/c1-2-16-8-9-17-11(12(15)14-13)10-6-4-3-5-7-10/h3-7,11H,2,8-9,13H2,1H3,(H,14,15). The van der Waals surface area contributed by atoms with Gasteiger partial charge in [0.15, 0.2) is 6.10 Å². The van der Waals surface area contributed by atoms with E-state index in [0.717, 1.165) is 5.56 Å². The number of nitrogens with two attached hydrogens (primary N) is 1. The van der Waals surface area contributed by atoms with Crippen LogP contribution in [0.1, 0.15) is 18.6 Å². The van der Waals surface area contributed by atoms with Gasteiger partial charge in [-0.15, -0.1) is 0 Å². The summed E-state index contributed by atoms with van der Waals surface area (Å²) < 4.78 is 10.6. The maximum absolute atomic E-state index is 11.6. The van der Waals surface area contributed by atoms with Gasteiger partial charge in [-0.2, -0.15) is 0 Å². The Morgan fingerprint density at radius 2 is 2.06 bits per heavy atom. The largest absolute Gasteiger partial charge is 0.379 e. The van der Waals surface area contributed by atoms with Crippen LogP contribution in [0.25, 0.3) is 0 Å². The van der Waals surface area contributed by atoms with Crippen LogP contribution in [-0.4, -0.2) is 25.7 Å². The van der Waals surface area contributed by atoms with Crippen LogP contribution < -0.4 is 11.3 Å². The number of hydrogen-bond donors (Lipinski definition) is 2. The SMILES string of the molecule is CCOCCOC(C(=O)NN)c1ccccc1. The Labute approximate surface area is 101 Å². The summed E-state index contributed by atoms with van der Waals surface area (Å²) in [4.78, 5) is 11.6. The predicted molar refractivity (Wildman–Crippen MR) is 64.0 cm³/mol. The van der Waals surface area contributed by atoms with Crippen molar-refractivity contribution in [2.75, 3.05) is 19.8 Å². The second-order valence-electron chi connectivity index (χ2n) is 3.37. The predicted octanol–water partition coefficient (Wildman–Crippen LogP) is 0.771. The van der Waals surface area contributed by atoms with Crippen LogP contribution in [0.3, 0.4) is 0 Å². The van der Waals surface area contributed by atoms with Crippen LogP contribution in [0, 0.1) is 0 Å². The van der Waals surface area contributed by atoms with Gasteiger partial charge < -0.3 is 9.47 Å². The van der Waals surface area contributed by atoms with E-state index in [-0.39, 0.29) is 5.91 Å². The molecular formula is C12H18N2O3. The van der Waals surface area contributed by atoms with Crippen LogP contribution in [-0.2, 0) is 14.3 Å². The van der Waals surface area contributed by atoms with E-state index in [9.17, 15) is 4.79 Å². The number of carbonyl (C=O) groups is 1. The highest BCUT2D eigenvalue weighted by atomic mass is 16.5. The number of ether oxygens (including phenoxy) is 2. The highest BCUT2D eigenvalue weighted by molar-refractivity contribution is 5.81. The highest BCUT2D eigenvalue weighted by Crippen LogP contribution is 2.16. The Morgan fingerprint density at radius 3 is 2.65 bits per heavy atom. The molecule has 1 rings (SSSR count). The molecule has 0 saturated heterocycles. The Hall–Kier alpha value is -1.43. The maximum atomic E-state index is 11.6. The first-order valence-electron chi connectivity index (χ1n) is 5.54. The lowest BCUT2D eigenvalue weighted by Crippen LogP contribution is -2.36. The molecule has 1 amide bonds. The summed E-state index contributed by atoms with van der Waals surface area (Å²) in [6.07, 6.45) is -0.693. The molecule has 17 heavy (non-hydrogen) atoms. The number of hydrazine groups is 1. The van der Waals surface area contributed by atoms with Crippen LogP contribution in [0.5, 0.6) is 0 Å². The van der Waals surface area contributed by atoms with Gasteiger partial charge in [0.25, 0.3) is 5.91 Å². The molecule has 0 fully saturated rings. The van der Waals surface area contributed by atoms with Gasteiger partial charge in [0.1, 0.15) is 0 Å². The van der Waals surface area contributed by atoms with Gasteiger partial charge in [0.2, 0.25) is 0 Å². The average Bonchev–Trinajstić information content (AvgIpc) is 2.39. The van der Waals surface area contributed by atoms with Crippen molar-refractivity contribution in [2.24, 2.45) is 5.84 Å². The van der Waals surface area contributed by atoms with Crippen molar-refractivity contribution in [3.05, 3.63) is 35.9 Å². The third kappa shape index (κ3) is 4.52. The summed E-state index contributed by atoms with van der Waals surface area (Å²) in [5, 5.41) is 0. The fraction of sp³-hybridized carbons (Fsp3) is 0.417. The molecule has 0 aliphatic heterocycles. The lowest BCUT2D eigenvalue weighted by molar-refractivity contribution is -0.134. The monoisotopic (exact) mass is 238 g/mol. The summed E-state index contributed by atoms with van der Waals surface area (Å²) in [6.45, 7) is 3.34. The van der Waals surface area contributed by atoms with E-state index in [1.807, 2.05) is 37.3 Å². The number of rotatable bonds is 7. The lowest BCUT2D eigenvalue weighted by Gasteiger charge is -2.16. The molecule has 0 heterocycles. The molecule has 0 radical (unpaired) electrons. The van der Waals surface area contributed by atoms with Crippen LogP contribution in [0.15, 0.2) is 30.3 Å². The average molecular weight is 238 g/mol. The number of carbonyl (C=O) groups excluding carboxylic acids is 1. The zero-order valence-electron chi connectivity index (χ0n) is 9.89. The minimum absolute atomic E-state index is 0.348. The number of benzene rings is 1. The summed E-state index contributed by atoms with van der Waals surface area (Å²) >= 11 is 0. The second kappa shape index (κ2) is 7.78. The Bertz CT molecular complexity index is 330. The van der Waals surface area contributed by atoms with E-state index >= 15 is 0 Å². The number of hydrogen-bond acceptors (Lipinski definition) is 4. The molecule has 0 aliphatic rings. The van der Waals surface area contributed by atoms with Gasteiger partial charge in [0.05, 0.1) is 13.2 Å². The summed E-state index contributed by atoms with van der Waals surface area (Å²) in [6, 6.07) is 9.21. The highest BCUT2D eigenvalue weighted by Gasteiger charge is 2.19. The first-order chi connectivity index (χ1) is 8.29. The van der Waals surface area contributed by atoms with Crippen molar-refractivity contribution < 1.29 is 14.3 Å². The van der Waals surface area contributed by atoms with Crippen molar-refractivity contribution in [2.45, 2.75) is 13.0 Å². The van der Waals surface area contributed by atoms with Gasteiger partial charge in [-0.25, -0.2) is 5.84 Å². The van der Waals surface area contributed by atoms with E-state index in [1.165, 1.54) is 0 Å². The number of amides is 1. The van der Waals surface area contributed by atoms with Crippen molar-refractivity contribution in [1.29, 1.82) is 0 Å². The third-order valence-electron chi connectivity index (χ3n) is 2.20. The van der Waals surface area contributed by atoms with Gasteiger partial charge in [0, 0.05) is 6.61 Å². The van der Waals surface area contributed by atoms with E-state index in [4.69, 9.17) is 15.3 Å². The Morgan fingerprint density at radius 1 is 1.35 bits per heavy atom. The smallest absolute Gasteiger partial charge is 0.267 e. The van der Waals surface area contributed by atoms with E-state index in [2.05, 4.69) is 5.43 Å². The minimum atomic E-state index is -0.693. The second-order valence-corrected chi connectivity index (χ2v) is 3.37. The molecule has 94 valence electrons. The van der Waals surface area contributed by atoms with Gasteiger partial charge in [-0.1, -0.05) is 30.3 Å². The van der Waals surface area contributed by atoms with Crippen molar-refractivity contribution in [3.63, 3.8) is 0 Å². The Kier molecular flexibility index (Phi) is 6.24. The first-order valence-corrected chi connectivity index (χ1v) is 5.54. The van der Waals surface area contributed by atoms with Gasteiger partial charge in [-0.05, 0) is 12.5 Å². The van der Waals surface area contributed by atoms with E-state index < -0.39 is 6.10 Å². The quantitative estimate of drug-likeness (QED) is 0.318. The molecule has 1 unspecified atom stereocenters. The maximum Gasteiger partial charge on any atom is 0.267 e. The molecule has 0 aromatic heterocycles. The van der Waals surface area contributed by atoms with E-state index in [1.54, 1.807) is 0 Å². The normalized spacial score (nSPS) is 12.1. The minimum Gasteiger partial charge on any atom is -0.379 e. The lowest BCUT2D eigenvalue weighted by atomic mass is 10.1. The molecule has 1 atom stereocenters. The fourth-order valence-electron chi connectivity index (χ4n) is 1.40. The van der Waals surface area contributed by atoms with Crippen molar-refractivity contribution >= 4 is 5.91 Å². The zero-order valence-corrected chi connectivity index (χ0v) is 9.89. The zero-order chi connectivity index (χ0) is 12.5. The first kappa shape index (κ1) is 13.6. The van der Waals surface area contributed by atoms with Crippen molar-refractivity contribution in [1.82, 2.24) is 5.43 Å². The van der Waals surface area contributed by atoms with E-state index in [0.29, 0.717) is 19.8 Å². The summed E-state index contributed by atoms with van der Waals surface area (Å²) in [5.74, 6) is 4.76. The van der Waals surface area contributed by atoms with Gasteiger partial charge >= 0.3 is 0 Å². The molecular weight excluding hydrogens is 220 g/mol. The van der Waals surface area contributed by atoms with Crippen LogP contribution in [0.2, 0.25) is 0 Å². The molecule has 5 heteroatoms. The molecule has 0 aliphatic carbocycles. The molecule has 0 spiro atoms. The summed E-state index contributed by atoms with van der Waals surface area (Å²) in [5.41, 5.74) is 2.87. The molecule has 1 aromatic rings. The molecule has 0 saturated carbocycles. The van der Waals surface area contributed by atoms with Crippen LogP contribution >= 0.6 is 0 Å². The van der Waals surface area contributed by atoms with Crippen molar-refractivity contribution in [3.8, 4) is 0 Å². The summed E-state index contributed by atoms with van der Waals surface area (Å²) in [7, 11) is 0. The number of nitrogens with one attached hydrogen (secondary N) is 1. The Balaban J connectivity index is 2.59. The van der Waals surface area contributed by atoms with Gasteiger partial charge in [-0.3, -0.25) is 10.2 Å². The molecule has 0 bridgehead atoms.